The van der Waals surface area contributed by atoms with E-state index < -0.39 is 8.32 Å². The average Bonchev–Trinajstić information content (AvgIpc) is 2.61. The maximum absolute atomic E-state index is 6.63. The van der Waals surface area contributed by atoms with E-state index in [1.54, 1.807) is 0 Å². The molecule has 0 aliphatic rings. The minimum Gasteiger partial charge on any atom is -0.540 e. The Hall–Kier alpha value is -0.613. The Morgan fingerprint density at radius 2 is 1.60 bits per heavy atom. The minimum atomic E-state index is -2.02. The van der Waals surface area contributed by atoms with Crippen LogP contribution in [0.5, 0.6) is 11.5 Å². The lowest BCUT2D eigenvalue weighted by atomic mass is 10.2. The van der Waals surface area contributed by atoms with Crippen LogP contribution < -0.4 is 9.16 Å². The summed E-state index contributed by atoms with van der Waals surface area (Å²) in [6.07, 6.45) is 3.42. The van der Waals surface area contributed by atoms with Crippen LogP contribution in [0, 0.1) is 3.57 Å². The van der Waals surface area contributed by atoms with Crippen molar-refractivity contribution in [2.45, 2.75) is 79.2 Å². The molecular weight excluding hydrogens is 511 g/mol. The minimum absolute atomic E-state index is 0.0893. The molecule has 0 spiro atoms. The van der Waals surface area contributed by atoms with Gasteiger partial charge in [-0.2, -0.15) is 0 Å². The Balaban J connectivity index is 3.13. The van der Waals surface area contributed by atoms with Gasteiger partial charge in [0, 0.05) is 13.2 Å². The van der Waals surface area contributed by atoms with Crippen molar-refractivity contribution in [2.75, 3.05) is 19.8 Å². The van der Waals surface area contributed by atoms with Crippen molar-refractivity contribution >= 4 is 37.0 Å². The third-order valence-electron chi connectivity index (χ3n) is 5.03. The van der Waals surface area contributed by atoms with Crippen molar-refractivity contribution in [2.24, 2.45) is 0 Å². The van der Waals surface area contributed by atoms with Crippen LogP contribution in [0.2, 0.25) is 18.1 Å². The molecule has 2 atom stereocenters. The fraction of sp³-hybridized carbons (Fsp3) is 0.652. The molecule has 0 aliphatic carbocycles. The van der Waals surface area contributed by atoms with Crippen LogP contribution in [0.3, 0.4) is 0 Å². The van der Waals surface area contributed by atoms with Gasteiger partial charge in [-0.15, -0.1) is 0 Å². The summed E-state index contributed by atoms with van der Waals surface area (Å²) in [5, 5.41) is 0.0893. The molecule has 0 fully saturated rings. The normalized spacial score (nSPS) is 14.7. The predicted molar refractivity (Wildman–Crippen MR) is 135 cm³/mol. The monoisotopic (exact) mass is 550 g/mol. The van der Waals surface area contributed by atoms with Crippen LogP contribution in [0.1, 0.15) is 54.0 Å². The molecule has 0 amide bonds. The summed E-state index contributed by atoms with van der Waals surface area (Å²) in [5.74, 6) is 1.50. The molecule has 30 heavy (non-hydrogen) atoms. The highest BCUT2D eigenvalue weighted by molar-refractivity contribution is 14.1. The lowest BCUT2D eigenvalue weighted by molar-refractivity contribution is -0.118. The van der Waals surface area contributed by atoms with E-state index in [-0.39, 0.29) is 17.6 Å². The first-order chi connectivity index (χ1) is 13.9. The second-order valence-electron chi connectivity index (χ2n) is 8.59. The Morgan fingerprint density at radius 1 is 1.00 bits per heavy atom. The van der Waals surface area contributed by atoms with E-state index in [1.165, 1.54) is 0 Å². The molecule has 0 heterocycles. The van der Waals surface area contributed by atoms with Gasteiger partial charge in [0.2, 0.25) is 0 Å². The highest BCUT2D eigenvalue weighted by atomic mass is 127. The zero-order valence-corrected chi connectivity index (χ0v) is 23.2. The average molecular weight is 551 g/mol. The number of hydrogen-bond acceptors (Lipinski definition) is 5. The third-order valence-corrected chi connectivity index (χ3v) is 10.2. The summed E-state index contributed by atoms with van der Waals surface area (Å²) in [4.78, 5) is 0. The summed E-state index contributed by atoms with van der Waals surface area (Å²) in [6, 6.07) is 4.10. The predicted octanol–water partition coefficient (Wildman–Crippen LogP) is 6.85. The number of hydrogen-bond donors (Lipinski definition) is 0. The van der Waals surface area contributed by atoms with Gasteiger partial charge < -0.3 is 23.4 Å². The summed E-state index contributed by atoms with van der Waals surface area (Å²) in [5.41, 5.74) is 1.02. The van der Waals surface area contributed by atoms with Gasteiger partial charge in [-0.25, -0.2) is 0 Å². The maximum atomic E-state index is 6.63. The summed E-state index contributed by atoms with van der Waals surface area (Å²) >= 11 is 2.32. The first-order valence-corrected chi connectivity index (χ1v) is 14.6. The Morgan fingerprint density at radius 3 is 2.17 bits per heavy atom. The molecule has 5 nitrogen and oxygen atoms in total. The van der Waals surface area contributed by atoms with E-state index in [1.807, 2.05) is 45.9 Å². The topological polar surface area (TPSA) is 46.2 Å². The van der Waals surface area contributed by atoms with Crippen molar-refractivity contribution in [1.82, 2.24) is 0 Å². The molecule has 1 aromatic rings. The standard InChI is InChI=1S/C23H39IO5Si/c1-10-25-17(3)27-14-12-13-19-15-20(24)22(29-30(8,9)23(5,6)7)21(16-19)28-18(4)26-11-2/h12-13,15-18H,10-11,14H2,1-9H3/b13-12+. The van der Waals surface area contributed by atoms with E-state index in [9.17, 15) is 0 Å². The number of ether oxygens (including phenoxy) is 4. The molecule has 172 valence electrons. The van der Waals surface area contributed by atoms with E-state index in [2.05, 4.69) is 62.5 Å². The van der Waals surface area contributed by atoms with Crippen LogP contribution in [-0.4, -0.2) is 40.7 Å². The van der Waals surface area contributed by atoms with Crippen molar-refractivity contribution < 1.29 is 23.4 Å². The summed E-state index contributed by atoms with van der Waals surface area (Å²) in [7, 11) is -2.02. The van der Waals surface area contributed by atoms with Gasteiger partial charge in [0.25, 0.3) is 8.32 Å². The highest BCUT2D eigenvalue weighted by Gasteiger charge is 2.40. The first-order valence-electron chi connectivity index (χ1n) is 10.6. The first kappa shape index (κ1) is 27.4. The molecule has 1 aromatic carbocycles. The SMILES string of the molecule is CCOC(C)OC/C=C/c1cc(I)c(O[Si](C)(C)C(C)(C)C)c(OC(C)OCC)c1. The second-order valence-corrected chi connectivity index (χ2v) is 14.5. The second kappa shape index (κ2) is 12.4. The van der Waals surface area contributed by atoms with Crippen molar-refractivity contribution in [3.05, 3.63) is 27.3 Å². The quantitative estimate of drug-likeness (QED) is 0.162. The Labute approximate surface area is 197 Å². The van der Waals surface area contributed by atoms with Gasteiger partial charge in [0.05, 0.1) is 10.2 Å². The van der Waals surface area contributed by atoms with E-state index in [0.717, 1.165) is 14.9 Å². The largest absolute Gasteiger partial charge is 0.540 e. The Bertz CT molecular complexity index is 685. The van der Waals surface area contributed by atoms with Crippen LogP contribution in [0.4, 0.5) is 0 Å². The molecule has 0 aliphatic heterocycles. The van der Waals surface area contributed by atoms with Crippen LogP contribution in [-0.2, 0) is 14.2 Å². The molecule has 0 saturated heterocycles. The highest BCUT2D eigenvalue weighted by Crippen LogP contribution is 2.43. The fourth-order valence-electron chi connectivity index (χ4n) is 2.38. The van der Waals surface area contributed by atoms with Crippen molar-refractivity contribution in [1.29, 1.82) is 0 Å². The molecular formula is C23H39IO5Si. The zero-order valence-electron chi connectivity index (χ0n) is 20.0. The van der Waals surface area contributed by atoms with Gasteiger partial charge >= 0.3 is 0 Å². The molecule has 0 bridgehead atoms. The van der Waals surface area contributed by atoms with Crippen molar-refractivity contribution in [3.8, 4) is 11.5 Å². The van der Waals surface area contributed by atoms with Gasteiger partial charge in [-0.1, -0.05) is 32.9 Å². The lowest BCUT2D eigenvalue weighted by Crippen LogP contribution is -2.44. The van der Waals surface area contributed by atoms with Crippen molar-refractivity contribution in [3.63, 3.8) is 0 Å². The van der Waals surface area contributed by atoms with E-state index in [4.69, 9.17) is 23.4 Å². The summed E-state index contributed by atoms with van der Waals surface area (Å²) in [6.45, 7) is 20.6. The zero-order chi connectivity index (χ0) is 22.9. The Kier molecular flexibility index (Phi) is 11.4. The van der Waals surface area contributed by atoms with Gasteiger partial charge in [-0.3, -0.25) is 0 Å². The smallest absolute Gasteiger partial charge is 0.250 e. The maximum Gasteiger partial charge on any atom is 0.250 e. The number of halogens is 1. The van der Waals surface area contributed by atoms with Crippen LogP contribution >= 0.6 is 22.6 Å². The molecule has 0 N–H and O–H groups in total. The number of benzene rings is 1. The molecule has 0 aromatic heterocycles. The van der Waals surface area contributed by atoms with E-state index >= 15 is 0 Å². The molecule has 2 unspecified atom stereocenters. The molecule has 1 rings (SSSR count). The molecule has 0 radical (unpaired) electrons. The fourth-order valence-corrected chi connectivity index (χ4v) is 4.36. The lowest BCUT2D eigenvalue weighted by Gasteiger charge is -2.37. The van der Waals surface area contributed by atoms with Crippen LogP contribution in [0.15, 0.2) is 18.2 Å². The van der Waals surface area contributed by atoms with Gasteiger partial charge in [0.1, 0.15) is 0 Å². The molecule has 7 heteroatoms. The van der Waals surface area contributed by atoms with Gasteiger partial charge in [-0.05, 0) is 86.1 Å². The molecule has 0 saturated carbocycles. The third kappa shape index (κ3) is 8.86. The van der Waals surface area contributed by atoms with E-state index in [0.29, 0.717) is 25.6 Å². The summed E-state index contributed by atoms with van der Waals surface area (Å²) < 4.78 is 30.4. The van der Waals surface area contributed by atoms with Gasteiger partial charge in [0.15, 0.2) is 24.1 Å². The number of rotatable bonds is 12. The van der Waals surface area contributed by atoms with Crippen LogP contribution in [0.25, 0.3) is 6.08 Å².